The van der Waals surface area contributed by atoms with Gasteiger partial charge < -0.3 is 15.7 Å². The maximum absolute atomic E-state index is 13.0. The molecule has 0 atom stereocenters. The van der Waals surface area contributed by atoms with Crippen molar-refractivity contribution in [2.75, 3.05) is 18.5 Å². The Morgan fingerprint density at radius 3 is 2.57 bits per heavy atom. The van der Waals surface area contributed by atoms with Gasteiger partial charge in [-0.1, -0.05) is 29.3 Å². The van der Waals surface area contributed by atoms with Gasteiger partial charge in [0.25, 0.3) is 5.91 Å². The highest BCUT2D eigenvalue weighted by Gasteiger charge is 2.36. The Kier molecular flexibility index (Phi) is 5.18. The lowest BCUT2D eigenvalue weighted by molar-refractivity contribution is -0.118. The quantitative estimate of drug-likeness (QED) is 0.785. The number of carbonyl (C=O) groups is 3. The van der Waals surface area contributed by atoms with E-state index in [4.69, 9.17) is 28.9 Å². The van der Waals surface area contributed by atoms with E-state index in [1.807, 2.05) is 0 Å². The molecule has 1 aromatic carbocycles. The number of pyridine rings is 1. The molecule has 3 rings (SSSR count). The van der Waals surface area contributed by atoms with Crippen molar-refractivity contribution < 1.29 is 19.5 Å². The standard InChI is InChI=1S/C18H16Cl2N4O4/c1-8-16(23(2)18(27)28)14(10-4-3-9(19)5-11(10)20)15-12(22-8)6-24(17(15)26)7-13(21)25/h3-5H,6-7H2,1-2H3,(H2,21,25)(H,27,28). The molecule has 1 aromatic heterocycles. The summed E-state index contributed by atoms with van der Waals surface area (Å²) in [4.78, 5) is 42.6. The number of nitrogens with zero attached hydrogens (tertiary/aromatic N) is 3. The molecule has 146 valence electrons. The molecule has 0 bridgehead atoms. The highest BCUT2D eigenvalue weighted by atomic mass is 35.5. The van der Waals surface area contributed by atoms with Crippen LogP contribution in [0.5, 0.6) is 0 Å². The number of halogens is 2. The fraction of sp³-hybridized carbons (Fsp3) is 0.222. The van der Waals surface area contributed by atoms with E-state index in [9.17, 15) is 19.5 Å². The molecule has 0 spiro atoms. The van der Waals surface area contributed by atoms with Crippen LogP contribution in [0, 0.1) is 6.92 Å². The topological polar surface area (TPSA) is 117 Å². The van der Waals surface area contributed by atoms with Crippen LogP contribution in [0.3, 0.4) is 0 Å². The number of aromatic nitrogens is 1. The van der Waals surface area contributed by atoms with Crippen LogP contribution in [-0.4, -0.2) is 46.5 Å². The highest BCUT2D eigenvalue weighted by molar-refractivity contribution is 6.37. The molecule has 0 radical (unpaired) electrons. The number of hydrogen-bond acceptors (Lipinski definition) is 4. The monoisotopic (exact) mass is 422 g/mol. The molecular weight excluding hydrogens is 407 g/mol. The van der Waals surface area contributed by atoms with Crippen molar-refractivity contribution in [3.63, 3.8) is 0 Å². The molecule has 8 nitrogen and oxygen atoms in total. The second kappa shape index (κ2) is 7.29. The number of aryl methyl sites for hydroxylation is 1. The van der Waals surface area contributed by atoms with Crippen molar-refractivity contribution in [3.8, 4) is 11.1 Å². The summed E-state index contributed by atoms with van der Waals surface area (Å²) in [6, 6.07) is 4.71. The molecule has 3 amide bonds. The Bertz CT molecular complexity index is 1030. The Hall–Kier alpha value is -2.84. The zero-order valence-electron chi connectivity index (χ0n) is 15.0. The van der Waals surface area contributed by atoms with Gasteiger partial charge in [0, 0.05) is 28.2 Å². The van der Waals surface area contributed by atoms with Gasteiger partial charge in [0.1, 0.15) is 6.54 Å². The molecule has 3 N–H and O–H groups in total. The Morgan fingerprint density at radius 2 is 2.00 bits per heavy atom. The molecule has 0 unspecified atom stereocenters. The summed E-state index contributed by atoms with van der Waals surface area (Å²) in [5.41, 5.74) is 7.24. The van der Waals surface area contributed by atoms with E-state index >= 15 is 0 Å². The summed E-state index contributed by atoms with van der Waals surface area (Å²) in [6.45, 7) is 1.46. The first-order chi connectivity index (χ1) is 13.1. The normalized spacial score (nSPS) is 12.9. The van der Waals surface area contributed by atoms with Crippen molar-refractivity contribution in [3.05, 3.63) is 45.2 Å². The number of nitrogens with two attached hydrogens (primary N) is 1. The number of carbonyl (C=O) groups excluding carboxylic acids is 2. The van der Waals surface area contributed by atoms with Gasteiger partial charge >= 0.3 is 6.09 Å². The predicted octanol–water partition coefficient (Wildman–Crippen LogP) is 2.92. The van der Waals surface area contributed by atoms with Crippen molar-refractivity contribution in [1.82, 2.24) is 9.88 Å². The Labute approximate surface area is 170 Å². The largest absolute Gasteiger partial charge is 0.465 e. The minimum absolute atomic E-state index is 0.0905. The van der Waals surface area contributed by atoms with Crippen LogP contribution in [0.25, 0.3) is 11.1 Å². The van der Waals surface area contributed by atoms with Gasteiger partial charge in [0.05, 0.1) is 29.2 Å². The Balaban J connectivity index is 2.34. The van der Waals surface area contributed by atoms with E-state index in [0.717, 1.165) is 4.90 Å². The third-order valence-electron chi connectivity index (χ3n) is 4.43. The van der Waals surface area contributed by atoms with Gasteiger partial charge in [-0.25, -0.2) is 4.79 Å². The number of anilines is 1. The van der Waals surface area contributed by atoms with Gasteiger partial charge in [-0.05, 0) is 19.1 Å². The number of primary amides is 1. The van der Waals surface area contributed by atoms with Crippen LogP contribution in [0.2, 0.25) is 10.0 Å². The van der Waals surface area contributed by atoms with E-state index in [2.05, 4.69) is 4.98 Å². The van der Waals surface area contributed by atoms with Gasteiger partial charge in [-0.15, -0.1) is 0 Å². The first kappa shape index (κ1) is 19.9. The molecule has 2 heterocycles. The summed E-state index contributed by atoms with van der Waals surface area (Å²) in [5, 5.41) is 10.2. The molecule has 0 fully saturated rings. The SMILES string of the molecule is Cc1nc2c(c(-c3ccc(Cl)cc3Cl)c1N(C)C(=O)O)C(=O)N(CC(N)=O)C2. The second-order valence-corrected chi connectivity index (χ2v) is 7.18. The molecule has 0 saturated carbocycles. The predicted molar refractivity (Wildman–Crippen MR) is 105 cm³/mol. The average molecular weight is 423 g/mol. The van der Waals surface area contributed by atoms with Crippen LogP contribution in [0.15, 0.2) is 18.2 Å². The molecule has 2 aromatic rings. The van der Waals surface area contributed by atoms with Crippen LogP contribution in [0.1, 0.15) is 21.7 Å². The minimum Gasteiger partial charge on any atom is -0.465 e. The number of amides is 3. The number of benzene rings is 1. The zero-order valence-corrected chi connectivity index (χ0v) is 16.5. The Morgan fingerprint density at radius 1 is 1.32 bits per heavy atom. The van der Waals surface area contributed by atoms with E-state index in [1.54, 1.807) is 19.1 Å². The molecule has 0 aliphatic carbocycles. The van der Waals surface area contributed by atoms with E-state index in [0.29, 0.717) is 27.5 Å². The first-order valence-electron chi connectivity index (χ1n) is 8.15. The third-order valence-corrected chi connectivity index (χ3v) is 4.98. The van der Waals surface area contributed by atoms with Crippen LogP contribution < -0.4 is 10.6 Å². The maximum Gasteiger partial charge on any atom is 0.411 e. The number of hydrogen-bond donors (Lipinski definition) is 2. The van der Waals surface area contributed by atoms with E-state index in [1.165, 1.54) is 18.0 Å². The van der Waals surface area contributed by atoms with Gasteiger partial charge in [-0.2, -0.15) is 0 Å². The summed E-state index contributed by atoms with van der Waals surface area (Å²) < 4.78 is 0. The van der Waals surface area contributed by atoms with Gasteiger partial charge in [0.2, 0.25) is 5.91 Å². The maximum atomic E-state index is 13.0. The molecule has 10 heteroatoms. The molecule has 1 aliphatic rings. The van der Waals surface area contributed by atoms with Gasteiger partial charge in [-0.3, -0.25) is 19.5 Å². The van der Waals surface area contributed by atoms with E-state index in [-0.39, 0.29) is 29.4 Å². The fourth-order valence-corrected chi connectivity index (χ4v) is 3.79. The van der Waals surface area contributed by atoms with Gasteiger partial charge in [0.15, 0.2) is 0 Å². The molecule has 0 saturated heterocycles. The molecular formula is C18H16Cl2N4O4. The zero-order chi connectivity index (χ0) is 20.7. The fourth-order valence-electron chi connectivity index (χ4n) is 3.29. The summed E-state index contributed by atoms with van der Waals surface area (Å²) >= 11 is 12.4. The van der Waals surface area contributed by atoms with Crippen molar-refractivity contribution in [1.29, 1.82) is 0 Å². The van der Waals surface area contributed by atoms with Crippen LogP contribution >= 0.6 is 23.2 Å². The molecule has 28 heavy (non-hydrogen) atoms. The van der Waals surface area contributed by atoms with Crippen molar-refractivity contribution in [2.45, 2.75) is 13.5 Å². The van der Waals surface area contributed by atoms with Crippen LogP contribution in [0.4, 0.5) is 10.5 Å². The summed E-state index contributed by atoms with van der Waals surface area (Å²) in [5.74, 6) is -1.13. The lowest BCUT2D eigenvalue weighted by Gasteiger charge is -2.22. The van der Waals surface area contributed by atoms with E-state index < -0.39 is 17.9 Å². The van der Waals surface area contributed by atoms with Crippen molar-refractivity contribution >= 4 is 46.8 Å². The lowest BCUT2D eigenvalue weighted by Crippen LogP contribution is -2.34. The number of rotatable bonds is 4. The smallest absolute Gasteiger partial charge is 0.411 e. The third kappa shape index (κ3) is 3.36. The summed E-state index contributed by atoms with van der Waals surface area (Å²) in [6.07, 6.45) is -1.23. The number of fused-ring (bicyclic) bond motifs is 1. The van der Waals surface area contributed by atoms with Crippen LogP contribution in [-0.2, 0) is 11.3 Å². The summed E-state index contributed by atoms with van der Waals surface area (Å²) in [7, 11) is 1.35. The first-order valence-corrected chi connectivity index (χ1v) is 8.90. The molecule has 1 aliphatic heterocycles. The highest BCUT2D eigenvalue weighted by Crippen LogP contribution is 2.43. The lowest BCUT2D eigenvalue weighted by atomic mass is 9.95. The number of carboxylic acid groups (broad SMARTS) is 1. The average Bonchev–Trinajstić information content (AvgIpc) is 2.88. The van der Waals surface area contributed by atoms with Crippen molar-refractivity contribution in [2.24, 2.45) is 5.73 Å². The second-order valence-electron chi connectivity index (χ2n) is 6.34. The minimum atomic E-state index is -1.23.